The van der Waals surface area contributed by atoms with Crippen LogP contribution in [0, 0.1) is 0 Å². The number of rotatable bonds is 13. The van der Waals surface area contributed by atoms with Crippen LogP contribution in [0.5, 0.6) is 0 Å². The van der Waals surface area contributed by atoms with Crippen molar-refractivity contribution in [3.05, 3.63) is 129 Å². The van der Waals surface area contributed by atoms with E-state index < -0.39 is 28.5 Å². The van der Waals surface area contributed by atoms with E-state index in [9.17, 15) is 18.0 Å². The van der Waals surface area contributed by atoms with Gasteiger partial charge in [-0.3, -0.25) is 13.9 Å². The molecule has 230 valence electrons. The van der Waals surface area contributed by atoms with Crippen LogP contribution in [0.15, 0.2) is 112 Å². The zero-order valence-corrected chi connectivity index (χ0v) is 27.9. The Kier molecular flexibility index (Phi) is 11.9. The highest BCUT2D eigenvalue weighted by molar-refractivity contribution is 9.10. The number of hydrogen-bond acceptors (Lipinski definition) is 4. The van der Waals surface area contributed by atoms with Gasteiger partial charge in [0.1, 0.15) is 12.6 Å². The lowest BCUT2D eigenvalue weighted by Crippen LogP contribution is -2.53. The Morgan fingerprint density at radius 1 is 0.841 bits per heavy atom. The minimum atomic E-state index is -4.17. The largest absolute Gasteiger partial charge is 0.354 e. The average molecular weight is 718 g/mol. The monoisotopic (exact) mass is 715 g/mol. The van der Waals surface area contributed by atoms with Crippen molar-refractivity contribution in [2.24, 2.45) is 0 Å². The lowest BCUT2D eigenvalue weighted by molar-refractivity contribution is -0.140. The molecule has 4 aromatic carbocycles. The number of nitrogens with one attached hydrogen (secondary N) is 1. The van der Waals surface area contributed by atoms with E-state index in [1.54, 1.807) is 60.7 Å². The van der Waals surface area contributed by atoms with Gasteiger partial charge >= 0.3 is 0 Å². The number of carbonyl (C=O) groups excluding carboxylic acids is 2. The molecule has 1 atom stereocenters. The fraction of sp³-hybridized carbons (Fsp3) is 0.212. The van der Waals surface area contributed by atoms with Gasteiger partial charge in [0.25, 0.3) is 10.0 Å². The summed E-state index contributed by atoms with van der Waals surface area (Å²) in [5.41, 5.74) is 1.78. The second kappa shape index (κ2) is 15.6. The molecule has 44 heavy (non-hydrogen) atoms. The van der Waals surface area contributed by atoms with Gasteiger partial charge < -0.3 is 10.2 Å². The van der Waals surface area contributed by atoms with Crippen molar-refractivity contribution in [2.45, 2.75) is 37.2 Å². The van der Waals surface area contributed by atoms with E-state index in [1.165, 1.54) is 17.0 Å². The fourth-order valence-corrected chi connectivity index (χ4v) is 6.63. The van der Waals surface area contributed by atoms with Crippen molar-refractivity contribution in [3.63, 3.8) is 0 Å². The average Bonchev–Trinajstić information content (AvgIpc) is 3.03. The van der Waals surface area contributed by atoms with E-state index in [-0.39, 0.29) is 23.8 Å². The molecule has 2 amide bonds. The number of carbonyl (C=O) groups is 2. The number of benzene rings is 4. The molecule has 4 aromatic rings. The first kappa shape index (κ1) is 33.5. The number of nitrogens with zero attached hydrogens (tertiary/aromatic N) is 2. The Balaban J connectivity index is 1.80. The lowest BCUT2D eigenvalue weighted by atomic mass is 10.0. The molecule has 11 heteroatoms. The SMILES string of the molecule is CCCNC(=O)[C@H](Cc1ccccc1)N(Cc1ccc(Cl)c(Cl)c1)C(=O)CN(c1ccc(Br)cc1)S(=O)(=O)c1ccccc1. The summed E-state index contributed by atoms with van der Waals surface area (Å²) in [6, 6.07) is 28.0. The van der Waals surface area contributed by atoms with Crippen molar-refractivity contribution in [2.75, 3.05) is 17.4 Å². The van der Waals surface area contributed by atoms with Gasteiger partial charge in [0.05, 0.1) is 20.6 Å². The van der Waals surface area contributed by atoms with E-state index in [0.717, 1.165) is 14.3 Å². The Bertz CT molecular complexity index is 1670. The van der Waals surface area contributed by atoms with E-state index in [2.05, 4.69) is 21.2 Å². The number of amides is 2. The van der Waals surface area contributed by atoms with Crippen molar-refractivity contribution in [3.8, 4) is 0 Å². The topological polar surface area (TPSA) is 86.8 Å². The molecule has 0 aliphatic heterocycles. The first-order chi connectivity index (χ1) is 21.1. The first-order valence-corrected chi connectivity index (χ1v) is 17.0. The Labute approximate surface area is 277 Å². The molecular weight excluding hydrogens is 685 g/mol. The summed E-state index contributed by atoms with van der Waals surface area (Å²) in [4.78, 5) is 29.6. The second-order valence-electron chi connectivity index (χ2n) is 10.1. The molecular formula is C33H32BrCl2N3O4S. The normalized spacial score (nSPS) is 11.9. The summed E-state index contributed by atoms with van der Waals surface area (Å²) in [6.07, 6.45) is 0.921. The van der Waals surface area contributed by atoms with E-state index in [4.69, 9.17) is 23.2 Å². The Morgan fingerprint density at radius 3 is 2.09 bits per heavy atom. The predicted molar refractivity (Wildman–Crippen MR) is 179 cm³/mol. The van der Waals surface area contributed by atoms with Crippen LogP contribution in [0.1, 0.15) is 24.5 Å². The third kappa shape index (κ3) is 8.63. The summed E-state index contributed by atoms with van der Waals surface area (Å²) < 4.78 is 29.8. The minimum Gasteiger partial charge on any atom is -0.354 e. The van der Waals surface area contributed by atoms with Gasteiger partial charge in [-0.1, -0.05) is 101 Å². The van der Waals surface area contributed by atoms with Crippen LogP contribution in [0.2, 0.25) is 10.0 Å². The molecule has 0 aliphatic rings. The van der Waals surface area contributed by atoms with Crippen molar-refractivity contribution in [1.82, 2.24) is 10.2 Å². The molecule has 1 N–H and O–H groups in total. The third-order valence-electron chi connectivity index (χ3n) is 6.88. The van der Waals surface area contributed by atoms with Crippen LogP contribution in [0.25, 0.3) is 0 Å². The fourth-order valence-electron chi connectivity index (χ4n) is 4.61. The maximum absolute atomic E-state index is 14.4. The summed E-state index contributed by atoms with van der Waals surface area (Å²) in [5.74, 6) is -0.906. The summed E-state index contributed by atoms with van der Waals surface area (Å²) >= 11 is 15.9. The number of anilines is 1. The van der Waals surface area contributed by atoms with Crippen LogP contribution in [0.4, 0.5) is 5.69 Å². The van der Waals surface area contributed by atoms with Gasteiger partial charge in [0.15, 0.2) is 0 Å². The van der Waals surface area contributed by atoms with Gasteiger partial charge in [-0.05, 0) is 66.1 Å². The zero-order valence-electron chi connectivity index (χ0n) is 24.0. The van der Waals surface area contributed by atoms with Crippen LogP contribution < -0.4 is 9.62 Å². The third-order valence-corrected chi connectivity index (χ3v) is 9.94. The van der Waals surface area contributed by atoms with E-state index >= 15 is 0 Å². The molecule has 0 spiro atoms. The minimum absolute atomic E-state index is 0.00761. The number of hydrogen-bond donors (Lipinski definition) is 1. The standard InChI is InChI=1S/C33H32BrCl2N3O4S/c1-2-19-37-33(41)31(21-24-9-5-3-6-10-24)38(22-25-13-18-29(35)30(36)20-25)32(40)23-39(27-16-14-26(34)15-17-27)44(42,43)28-11-7-4-8-12-28/h3-18,20,31H,2,19,21-23H2,1H3,(H,37,41)/t31-/m0/s1. The second-order valence-corrected chi connectivity index (χ2v) is 13.7. The maximum Gasteiger partial charge on any atom is 0.264 e. The van der Waals surface area contributed by atoms with Crippen molar-refractivity contribution >= 4 is 66.7 Å². The van der Waals surface area contributed by atoms with Crippen molar-refractivity contribution < 1.29 is 18.0 Å². The highest BCUT2D eigenvalue weighted by Gasteiger charge is 2.34. The first-order valence-electron chi connectivity index (χ1n) is 14.0. The highest BCUT2D eigenvalue weighted by atomic mass is 79.9. The maximum atomic E-state index is 14.4. The molecule has 0 heterocycles. The summed E-state index contributed by atoms with van der Waals surface area (Å²) in [6.45, 7) is 1.81. The van der Waals surface area contributed by atoms with Gasteiger partial charge in [-0.25, -0.2) is 8.42 Å². The van der Waals surface area contributed by atoms with E-state index in [1.807, 2.05) is 37.3 Å². The van der Waals surface area contributed by atoms with Gasteiger partial charge in [-0.2, -0.15) is 0 Å². The summed E-state index contributed by atoms with van der Waals surface area (Å²) in [5, 5.41) is 3.58. The van der Waals surface area contributed by atoms with Gasteiger partial charge in [-0.15, -0.1) is 0 Å². The Hall–Kier alpha value is -3.37. The lowest BCUT2D eigenvalue weighted by Gasteiger charge is -2.34. The van der Waals surface area contributed by atoms with Gasteiger partial charge in [0.2, 0.25) is 11.8 Å². The summed E-state index contributed by atoms with van der Waals surface area (Å²) in [7, 11) is -4.17. The smallest absolute Gasteiger partial charge is 0.264 e. The molecule has 0 saturated carbocycles. The molecule has 0 saturated heterocycles. The van der Waals surface area contributed by atoms with Crippen LogP contribution in [-0.2, 0) is 32.6 Å². The Morgan fingerprint density at radius 2 is 1.48 bits per heavy atom. The van der Waals surface area contributed by atoms with Crippen LogP contribution >= 0.6 is 39.1 Å². The zero-order chi connectivity index (χ0) is 31.7. The molecule has 0 bridgehead atoms. The number of sulfonamides is 1. The molecule has 0 fully saturated rings. The van der Waals surface area contributed by atoms with Crippen molar-refractivity contribution in [1.29, 1.82) is 0 Å². The van der Waals surface area contributed by atoms with Crippen LogP contribution in [-0.4, -0.2) is 44.3 Å². The molecule has 4 rings (SSSR count). The van der Waals surface area contributed by atoms with Crippen LogP contribution in [0.3, 0.4) is 0 Å². The number of halogens is 3. The molecule has 7 nitrogen and oxygen atoms in total. The molecule has 0 aliphatic carbocycles. The predicted octanol–water partition coefficient (Wildman–Crippen LogP) is 7.12. The van der Waals surface area contributed by atoms with E-state index in [0.29, 0.717) is 34.3 Å². The highest BCUT2D eigenvalue weighted by Crippen LogP contribution is 2.28. The molecule has 0 unspecified atom stereocenters. The molecule has 0 radical (unpaired) electrons. The quantitative estimate of drug-likeness (QED) is 0.160. The van der Waals surface area contributed by atoms with Gasteiger partial charge in [0, 0.05) is 24.0 Å². The molecule has 0 aromatic heterocycles.